The first-order chi connectivity index (χ1) is 10.9. The van der Waals surface area contributed by atoms with Crippen LogP contribution >= 0.6 is 0 Å². The number of nitrogens with zero attached hydrogens (tertiary/aromatic N) is 3. The van der Waals surface area contributed by atoms with E-state index in [0.717, 1.165) is 38.4 Å². The molecular formula is C17H27N3O3. The summed E-state index contributed by atoms with van der Waals surface area (Å²) in [5.41, 5.74) is 2.66. The molecule has 0 atom stereocenters. The SMILES string of the molecule is CCN1CCN(CC(=O)c2c(C)c(C(=O)OC)n(C)c2C)CC1. The van der Waals surface area contributed by atoms with Gasteiger partial charge in [0.25, 0.3) is 0 Å². The maximum Gasteiger partial charge on any atom is 0.354 e. The van der Waals surface area contributed by atoms with Crippen molar-refractivity contribution in [3.63, 3.8) is 0 Å². The van der Waals surface area contributed by atoms with Crippen LogP contribution in [0.2, 0.25) is 0 Å². The Hall–Kier alpha value is -1.66. The van der Waals surface area contributed by atoms with Crippen molar-refractivity contribution in [2.75, 3.05) is 46.4 Å². The molecule has 6 heteroatoms. The monoisotopic (exact) mass is 321 g/mol. The Kier molecular flexibility index (Phi) is 5.59. The van der Waals surface area contributed by atoms with Crippen LogP contribution in [0.3, 0.4) is 0 Å². The van der Waals surface area contributed by atoms with Gasteiger partial charge in [-0.05, 0) is 26.0 Å². The highest BCUT2D eigenvalue weighted by Crippen LogP contribution is 2.22. The number of ether oxygens (including phenoxy) is 1. The fourth-order valence-electron chi connectivity index (χ4n) is 3.32. The molecular weight excluding hydrogens is 294 g/mol. The fourth-order valence-corrected chi connectivity index (χ4v) is 3.32. The number of aromatic nitrogens is 1. The summed E-state index contributed by atoms with van der Waals surface area (Å²) in [5.74, 6) is -0.320. The van der Waals surface area contributed by atoms with Gasteiger partial charge in [0.2, 0.25) is 0 Å². The lowest BCUT2D eigenvalue weighted by molar-refractivity contribution is 0.0588. The van der Waals surface area contributed by atoms with Crippen LogP contribution in [0, 0.1) is 13.8 Å². The van der Waals surface area contributed by atoms with Crippen molar-refractivity contribution in [2.24, 2.45) is 7.05 Å². The number of Topliss-reactive ketones (excluding diaryl/α,β-unsaturated/α-hetero) is 1. The molecule has 0 aliphatic carbocycles. The zero-order valence-electron chi connectivity index (χ0n) is 14.8. The largest absolute Gasteiger partial charge is 0.464 e. The summed E-state index contributed by atoms with van der Waals surface area (Å²) in [6.07, 6.45) is 0. The number of likely N-dealkylation sites (N-methyl/N-ethyl adjacent to an activating group) is 1. The van der Waals surface area contributed by atoms with Crippen molar-refractivity contribution in [3.8, 4) is 0 Å². The molecule has 1 aromatic rings. The van der Waals surface area contributed by atoms with Crippen LogP contribution in [-0.4, -0.2) is 72.5 Å². The van der Waals surface area contributed by atoms with Crippen LogP contribution in [0.15, 0.2) is 0 Å². The smallest absolute Gasteiger partial charge is 0.354 e. The van der Waals surface area contributed by atoms with E-state index in [9.17, 15) is 9.59 Å². The highest BCUT2D eigenvalue weighted by atomic mass is 16.5. The summed E-state index contributed by atoms with van der Waals surface area (Å²) in [4.78, 5) is 29.3. The predicted molar refractivity (Wildman–Crippen MR) is 89.1 cm³/mol. The molecule has 1 fully saturated rings. The van der Waals surface area contributed by atoms with Gasteiger partial charge in [-0.3, -0.25) is 9.69 Å². The molecule has 2 heterocycles. The van der Waals surface area contributed by atoms with Crippen LogP contribution in [0.4, 0.5) is 0 Å². The Labute approximate surface area is 138 Å². The average Bonchev–Trinajstić information content (AvgIpc) is 2.77. The number of hydrogen-bond donors (Lipinski definition) is 0. The van der Waals surface area contributed by atoms with Crippen LogP contribution in [0.25, 0.3) is 0 Å². The van der Waals surface area contributed by atoms with E-state index in [1.54, 1.807) is 11.6 Å². The minimum Gasteiger partial charge on any atom is -0.464 e. The van der Waals surface area contributed by atoms with Gasteiger partial charge in [0.1, 0.15) is 5.69 Å². The highest BCUT2D eigenvalue weighted by molar-refractivity contribution is 6.03. The van der Waals surface area contributed by atoms with Gasteiger partial charge in [-0.25, -0.2) is 4.79 Å². The number of carbonyl (C=O) groups excluding carboxylic acids is 2. The van der Waals surface area contributed by atoms with Gasteiger partial charge >= 0.3 is 5.97 Å². The molecule has 1 aliphatic rings. The van der Waals surface area contributed by atoms with Gasteiger partial charge in [-0.15, -0.1) is 0 Å². The van der Waals surface area contributed by atoms with Crippen LogP contribution < -0.4 is 0 Å². The van der Waals surface area contributed by atoms with E-state index >= 15 is 0 Å². The maximum absolute atomic E-state index is 12.8. The molecule has 0 bridgehead atoms. The molecule has 0 amide bonds. The number of esters is 1. The third kappa shape index (κ3) is 3.48. The zero-order valence-corrected chi connectivity index (χ0v) is 14.8. The highest BCUT2D eigenvalue weighted by Gasteiger charge is 2.27. The molecule has 1 aliphatic heterocycles. The molecule has 0 unspecified atom stereocenters. The lowest BCUT2D eigenvalue weighted by Crippen LogP contribution is -2.47. The first kappa shape index (κ1) is 17.7. The fraction of sp³-hybridized carbons (Fsp3) is 0.647. The quantitative estimate of drug-likeness (QED) is 0.603. The van der Waals surface area contributed by atoms with Crippen molar-refractivity contribution in [2.45, 2.75) is 20.8 Å². The molecule has 0 saturated carbocycles. The van der Waals surface area contributed by atoms with E-state index in [-0.39, 0.29) is 5.78 Å². The third-order valence-corrected chi connectivity index (χ3v) is 4.87. The molecule has 2 rings (SSSR count). The van der Waals surface area contributed by atoms with Gasteiger partial charge < -0.3 is 14.2 Å². The van der Waals surface area contributed by atoms with Crippen LogP contribution in [0.5, 0.6) is 0 Å². The van der Waals surface area contributed by atoms with Crippen LogP contribution in [0.1, 0.15) is 39.0 Å². The maximum atomic E-state index is 12.8. The average molecular weight is 321 g/mol. The van der Waals surface area contributed by atoms with Crippen molar-refractivity contribution in [1.29, 1.82) is 0 Å². The summed E-state index contributed by atoms with van der Waals surface area (Å²) in [5, 5.41) is 0. The minimum absolute atomic E-state index is 0.0794. The number of rotatable bonds is 5. The first-order valence-electron chi connectivity index (χ1n) is 8.12. The van der Waals surface area contributed by atoms with Gasteiger partial charge in [0, 0.05) is 44.5 Å². The Balaban J connectivity index is 2.16. The molecule has 0 radical (unpaired) electrons. The second kappa shape index (κ2) is 7.27. The molecule has 1 aromatic heterocycles. The molecule has 6 nitrogen and oxygen atoms in total. The second-order valence-corrected chi connectivity index (χ2v) is 6.12. The Morgan fingerprint density at radius 2 is 1.65 bits per heavy atom. The van der Waals surface area contributed by atoms with Crippen LogP contribution in [-0.2, 0) is 11.8 Å². The lowest BCUT2D eigenvalue weighted by atomic mass is 10.0. The van der Waals surface area contributed by atoms with Crippen molar-refractivity contribution < 1.29 is 14.3 Å². The zero-order chi connectivity index (χ0) is 17.1. The number of ketones is 1. The molecule has 23 heavy (non-hydrogen) atoms. The molecule has 0 aromatic carbocycles. The van der Waals surface area contributed by atoms with E-state index in [2.05, 4.69) is 16.7 Å². The summed E-state index contributed by atoms with van der Waals surface area (Å²) < 4.78 is 6.59. The third-order valence-electron chi connectivity index (χ3n) is 4.87. The number of carbonyl (C=O) groups is 2. The second-order valence-electron chi connectivity index (χ2n) is 6.12. The Morgan fingerprint density at radius 3 is 2.17 bits per heavy atom. The summed E-state index contributed by atoms with van der Waals surface area (Å²) in [6, 6.07) is 0. The number of piperazine rings is 1. The van der Waals surface area contributed by atoms with Crippen molar-refractivity contribution in [1.82, 2.24) is 14.4 Å². The molecule has 0 N–H and O–H groups in total. The molecule has 1 saturated heterocycles. The van der Waals surface area contributed by atoms with Gasteiger partial charge in [0.15, 0.2) is 5.78 Å². The first-order valence-corrected chi connectivity index (χ1v) is 8.12. The number of methoxy groups -OCH3 is 1. The Morgan fingerprint density at radius 1 is 1.09 bits per heavy atom. The van der Waals surface area contributed by atoms with Gasteiger partial charge in [0.05, 0.1) is 13.7 Å². The van der Waals surface area contributed by atoms with E-state index in [0.29, 0.717) is 23.4 Å². The van der Waals surface area contributed by atoms with E-state index in [1.807, 2.05) is 13.8 Å². The van der Waals surface area contributed by atoms with Crippen molar-refractivity contribution >= 4 is 11.8 Å². The summed E-state index contributed by atoms with van der Waals surface area (Å²) in [6.45, 7) is 11.1. The van der Waals surface area contributed by atoms with Gasteiger partial charge in [-0.2, -0.15) is 0 Å². The topological polar surface area (TPSA) is 54.8 Å². The van der Waals surface area contributed by atoms with E-state index in [4.69, 9.17) is 4.74 Å². The number of hydrogen-bond acceptors (Lipinski definition) is 5. The standard InChI is InChI=1S/C17H27N3O3/c1-6-19-7-9-20(10-8-19)11-14(21)15-12(2)16(17(22)23-5)18(4)13(15)3/h6-11H2,1-5H3. The normalized spacial score (nSPS) is 16.6. The van der Waals surface area contributed by atoms with E-state index < -0.39 is 5.97 Å². The lowest BCUT2D eigenvalue weighted by Gasteiger charge is -2.33. The summed E-state index contributed by atoms with van der Waals surface area (Å²) >= 11 is 0. The molecule has 0 spiro atoms. The predicted octanol–water partition coefficient (Wildman–Crippen LogP) is 1.25. The van der Waals surface area contributed by atoms with Gasteiger partial charge in [-0.1, -0.05) is 6.92 Å². The summed E-state index contributed by atoms with van der Waals surface area (Å²) in [7, 11) is 3.16. The molecule has 128 valence electrons. The minimum atomic E-state index is -0.399. The van der Waals surface area contributed by atoms with E-state index in [1.165, 1.54) is 7.11 Å². The van der Waals surface area contributed by atoms with Crippen molar-refractivity contribution in [3.05, 3.63) is 22.5 Å². The Bertz CT molecular complexity index is 599.